The van der Waals surface area contributed by atoms with Gasteiger partial charge in [-0.2, -0.15) is 0 Å². The maximum absolute atomic E-state index is 12.2. The molecule has 0 radical (unpaired) electrons. The number of benzene rings is 1. The maximum atomic E-state index is 12.2. The summed E-state index contributed by atoms with van der Waals surface area (Å²) in [6.45, 7) is 2.03. The normalized spacial score (nSPS) is 16.1. The summed E-state index contributed by atoms with van der Waals surface area (Å²) in [5.74, 6) is -0.143. The zero-order chi connectivity index (χ0) is 14.8. The molecule has 0 bridgehead atoms. The van der Waals surface area contributed by atoms with E-state index in [1.807, 2.05) is 0 Å². The van der Waals surface area contributed by atoms with Gasteiger partial charge in [0, 0.05) is 38.0 Å². The average Bonchev–Trinajstić information content (AvgIpc) is 2.46. The van der Waals surface area contributed by atoms with Crippen molar-refractivity contribution in [2.24, 2.45) is 0 Å². The van der Waals surface area contributed by atoms with Crippen molar-refractivity contribution in [3.63, 3.8) is 0 Å². The van der Waals surface area contributed by atoms with Crippen LogP contribution in [-0.2, 0) is 14.6 Å². The van der Waals surface area contributed by atoms with Gasteiger partial charge in [-0.3, -0.25) is 9.59 Å². The Labute approximate surface area is 117 Å². The van der Waals surface area contributed by atoms with Crippen LogP contribution in [0.4, 0.5) is 0 Å². The zero-order valence-corrected chi connectivity index (χ0v) is 12.0. The Balaban J connectivity index is 2.08. The molecule has 0 N–H and O–H groups in total. The Bertz CT molecular complexity index is 602. The van der Waals surface area contributed by atoms with Gasteiger partial charge in [-0.1, -0.05) is 0 Å². The van der Waals surface area contributed by atoms with Crippen LogP contribution in [0.1, 0.15) is 10.4 Å². The number of carbonyl (C=O) groups is 2. The second-order valence-electron chi connectivity index (χ2n) is 4.73. The molecule has 1 fully saturated rings. The summed E-state index contributed by atoms with van der Waals surface area (Å²) < 4.78 is 22.7. The molecule has 1 aromatic carbocycles. The Morgan fingerprint density at radius 1 is 1.10 bits per heavy atom. The Morgan fingerprint density at radius 2 is 1.65 bits per heavy atom. The molecule has 0 aliphatic carbocycles. The van der Waals surface area contributed by atoms with Crippen molar-refractivity contribution >= 4 is 22.2 Å². The third-order valence-electron chi connectivity index (χ3n) is 3.28. The van der Waals surface area contributed by atoms with E-state index >= 15 is 0 Å². The van der Waals surface area contributed by atoms with Gasteiger partial charge in [0.1, 0.15) is 0 Å². The second kappa shape index (κ2) is 5.62. The molecule has 0 saturated carbocycles. The number of amides is 2. The van der Waals surface area contributed by atoms with E-state index in [1.54, 1.807) is 9.80 Å². The first-order valence-electron chi connectivity index (χ1n) is 6.20. The fraction of sp³-hybridized carbons (Fsp3) is 0.385. The van der Waals surface area contributed by atoms with E-state index in [0.717, 1.165) is 12.7 Å². The van der Waals surface area contributed by atoms with Gasteiger partial charge >= 0.3 is 0 Å². The van der Waals surface area contributed by atoms with Crippen molar-refractivity contribution in [3.8, 4) is 0 Å². The first-order chi connectivity index (χ1) is 9.41. The van der Waals surface area contributed by atoms with Gasteiger partial charge in [0.05, 0.1) is 4.90 Å². The summed E-state index contributed by atoms with van der Waals surface area (Å²) in [5.41, 5.74) is 0.456. The van der Waals surface area contributed by atoms with Crippen LogP contribution in [0, 0.1) is 0 Å². The molecular weight excluding hydrogens is 280 g/mol. The fourth-order valence-electron chi connectivity index (χ4n) is 2.06. The average molecular weight is 296 g/mol. The highest BCUT2D eigenvalue weighted by molar-refractivity contribution is 7.90. The molecule has 1 saturated heterocycles. The summed E-state index contributed by atoms with van der Waals surface area (Å²) in [6.07, 6.45) is 1.91. The fourth-order valence-corrected chi connectivity index (χ4v) is 2.69. The molecule has 108 valence electrons. The molecule has 2 rings (SSSR count). The molecule has 0 aromatic heterocycles. The van der Waals surface area contributed by atoms with Gasteiger partial charge in [0.25, 0.3) is 5.91 Å². The van der Waals surface area contributed by atoms with Crippen LogP contribution in [0.25, 0.3) is 0 Å². The largest absolute Gasteiger partial charge is 0.342 e. The highest BCUT2D eigenvalue weighted by Gasteiger charge is 2.21. The molecule has 1 heterocycles. The predicted octanol–water partition coefficient (Wildman–Crippen LogP) is 0.00430. The lowest BCUT2D eigenvalue weighted by Gasteiger charge is -2.32. The van der Waals surface area contributed by atoms with Crippen LogP contribution in [0.3, 0.4) is 0 Å². The van der Waals surface area contributed by atoms with Crippen LogP contribution < -0.4 is 0 Å². The van der Waals surface area contributed by atoms with E-state index in [4.69, 9.17) is 0 Å². The van der Waals surface area contributed by atoms with E-state index in [-0.39, 0.29) is 10.8 Å². The smallest absolute Gasteiger partial charge is 0.253 e. The molecular formula is C13H16N2O4S. The first-order valence-corrected chi connectivity index (χ1v) is 8.10. The molecule has 2 amide bonds. The Morgan fingerprint density at radius 3 is 2.10 bits per heavy atom. The Kier molecular flexibility index (Phi) is 4.08. The van der Waals surface area contributed by atoms with Crippen LogP contribution in [0.15, 0.2) is 29.2 Å². The number of hydrogen-bond acceptors (Lipinski definition) is 4. The van der Waals surface area contributed by atoms with Crippen molar-refractivity contribution in [3.05, 3.63) is 29.8 Å². The molecule has 1 aliphatic rings. The monoisotopic (exact) mass is 296 g/mol. The topological polar surface area (TPSA) is 74.8 Å². The zero-order valence-electron chi connectivity index (χ0n) is 11.2. The van der Waals surface area contributed by atoms with Crippen LogP contribution in [0.2, 0.25) is 0 Å². The van der Waals surface area contributed by atoms with Gasteiger partial charge < -0.3 is 9.80 Å². The highest BCUT2D eigenvalue weighted by atomic mass is 32.2. The van der Waals surface area contributed by atoms with E-state index in [1.165, 1.54) is 24.3 Å². The summed E-state index contributed by atoms with van der Waals surface area (Å²) >= 11 is 0. The first kappa shape index (κ1) is 14.5. The second-order valence-corrected chi connectivity index (χ2v) is 6.75. The van der Waals surface area contributed by atoms with Crippen LogP contribution in [0.5, 0.6) is 0 Å². The van der Waals surface area contributed by atoms with Gasteiger partial charge in [-0.25, -0.2) is 8.42 Å². The highest BCUT2D eigenvalue weighted by Crippen LogP contribution is 2.13. The van der Waals surface area contributed by atoms with E-state index in [0.29, 0.717) is 31.7 Å². The summed E-state index contributed by atoms with van der Waals surface area (Å²) in [6, 6.07) is 5.91. The van der Waals surface area contributed by atoms with Crippen molar-refractivity contribution in [2.45, 2.75) is 4.90 Å². The number of rotatable bonds is 3. The van der Waals surface area contributed by atoms with Gasteiger partial charge in [0.15, 0.2) is 9.84 Å². The summed E-state index contributed by atoms with van der Waals surface area (Å²) in [4.78, 5) is 26.3. The van der Waals surface area contributed by atoms with Crippen molar-refractivity contribution in [1.82, 2.24) is 9.80 Å². The van der Waals surface area contributed by atoms with Gasteiger partial charge in [-0.05, 0) is 24.3 Å². The lowest BCUT2D eigenvalue weighted by Crippen LogP contribution is -2.48. The molecule has 0 atom stereocenters. The van der Waals surface area contributed by atoms with E-state index < -0.39 is 9.84 Å². The lowest BCUT2D eigenvalue weighted by molar-refractivity contribution is -0.119. The molecule has 0 spiro atoms. The van der Waals surface area contributed by atoms with Gasteiger partial charge in [-0.15, -0.1) is 0 Å². The molecule has 20 heavy (non-hydrogen) atoms. The lowest BCUT2D eigenvalue weighted by atomic mass is 10.2. The predicted molar refractivity (Wildman–Crippen MR) is 73.1 cm³/mol. The molecule has 0 unspecified atom stereocenters. The Hall–Kier alpha value is -1.89. The minimum Gasteiger partial charge on any atom is -0.342 e. The number of carbonyl (C=O) groups excluding carboxylic acids is 2. The SMILES string of the molecule is CS(=O)(=O)c1ccc(C(=O)N2CCN(C=O)CC2)cc1. The summed E-state index contributed by atoms with van der Waals surface area (Å²) in [7, 11) is -3.25. The van der Waals surface area contributed by atoms with Crippen molar-refractivity contribution in [2.75, 3.05) is 32.4 Å². The van der Waals surface area contributed by atoms with E-state index in [9.17, 15) is 18.0 Å². The molecule has 1 aliphatic heterocycles. The molecule has 6 nitrogen and oxygen atoms in total. The number of hydrogen-bond donors (Lipinski definition) is 0. The molecule has 1 aromatic rings. The van der Waals surface area contributed by atoms with E-state index in [2.05, 4.69) is 0 Å². The van der Waals surface area contributed by atoms with Crippen LogP contribution >= 0.6 is 0 Å². The molecule has 7 heteroatoms. The number of sulfone groups is 1. The van der Waals surface area contributed by atoms with Crippen molar-refractivity contribution in [1.29, 1.82) is 0 Å². The number of nitrogens with zero attached hydrogens (tertiary/aromatic N) is 2. The van der Waals surface area contributed by atoms with Crippen LogP contribution in [-0.4, -0.2) is 63.0 Å². The minimum atomic E-state index is -3.25. The van der Waals surface area contributed by atoms with Crippen molar-refractivity contribution < 1.29 is 18.0 Å². The van der Waals surface area contributed by atoms with Gasteiger partial charge in [0.2, 0.25) is 6.41 Å². The maximum Gasteiger partial charge on any atom is 0.253 e. The minimum absolute atomic E-state index is 0.143. The summed E-state index contributed by atoms with van der Waals surface area (Å²) in [5, 5.41) is 0. The number of piperazine rings is 1. The standard InChI is InChI=1S/C13H16N2O4S/c1-20(18,19)12-4-2-11(3-5-12)13(17)15-8-6-14(10-16)7-9-15/h2-5,10H,6-9H2,1H3. The third-order valence-corrected chi connectivity index (χ3v) is 4.41. The third kappa shape index (κ3) is 3.16. The quantitative estimate of drug-likeness (QED) is 0.736.